The molecule has 0 saturated carbocycles. The standard InChI is InChI=1S/C15H22N2O3/c1-20-11-14-5-3-2-4-13(14)8-16-15(19)17-7-6-12(9-17)10-18/h2-5,12,18H,6-11H2,1H3,(H,16,19). The third-order valence-corrected chi connectivity index (χ3v) is 3.68. The van der Waals surface area contributed by atoms with Gasteiger partial charge in [-0.2, -0.15) is 0 Å². The minimum absolute atomic E-state index is 0.0619. The predicted octanol–water partition coefficient (Wildman–Crippen LogP) is 1.36. The Morgan fingerprint density at radius 1 is 1.45 bits per heavy atom. The highest BCUT2D eigenvalue weighted by Gasteiger charge is 2.25. The molecule has 110 valence electrons. The van der Waals surface area contributed by atoms with Gasteiger partial charge in [0.1, 0.15) is 0 Å². The van der Waals surface area contributed by atoms with Gasteiger partial charge in [0, 0.05) is 39.3 Å². The number of urea groups is 1. The number of hydrogen-bond acceptors (Lipinski definition) is 3. The number of aliphatic hydroxyl groups is 1. The molecule has 5 heteroatoms. The number of likely N-dealkylation sites (tertiary alicyclic amines) is 1. The van der Waals surface area contributed by atoms with Crippen LogP contribution in [-0.2, 0) is 17.9 Å². The Balaban J connectivity index is 1.87. The van der Waals surface area contributed by atoms with Gasteiger partial charge in [-0.3, -0.25) is 0 Å². The number of benzene rings is 1. The third-order valence-electron chi connectivity index (χ3n) is 3.68. The van der Waals surface area contributed by atoms with E-state index in [4.69, 9.17) is 9.84 Å². The van der Waals surface area contributed by atoms with Gasteiger partial charge in [0.15, 0.2) is 0 Å². The van der Waals surface area contributed by atoms with Crippen molar-refractivity contribution >= 4 is 6.03 Å². The fourth-order valence-corrected chi connectivity index (χ4v) is 2.48. The highest BCUT2D eigenvalue weighted by atomic mass is 16.5. The van der Waals surface area contributed by atoms with Crippen LogP contribution in [0.3, 0.4) is 0 Å². The summed E-state index contributed by atoms with van der Waals surface area (Å²) in [5.41, 5.74) is 2.16. The van der Waals surface area contributed by atoms with Crippen molar-refractivity contribution in [2.75, 3.05) is 26.8 Å². The highest BCUT2D eigenvalue weighted by molar-refractivity contribution is 5.74. The average Bonchev–Trinajstić information content (AvgIpc) is 2.95. The Bertz CT molecular complexity index is 450. The fraction of sp³-hybridized carbons (Fsp3) is 0.533. The lowest BCUT2D eigenvalue weighted by Gasteiger charge is -2.18. The van der Waals surface area contributed by atoms with Crippen LogP contribution in [0.1, 0.15) is 17.5 Å². The van der Waals surface area contributed by atoms with Crippen LogP contribution in [0.2, 0.25) is 0 Å². The van der Waals surface area contributed by atoms with E-state index in [0.717, 1.165) is 24.1 Å². The lowest BCUT2D eigenvalue weighted by Crippen LogP contribution is -2.38. The average molecular weight is 278 g/mol. The summed E-state index contributed by atoms with van der Waals surface area (Å²) in [6, 6.07) is 7.86. The van der Waals surface area contributed by atoms with Gasteiger partial charge in [-0.1, -0.05) is 24.3 Å². The first-order valence-electron chi connectivity index (χ1n) is 6.94. The van der Waals surface area contributed by atoms with Crippen LogP contribution in [0.4, 0.5) is 4.79 Å². The molecule has 2 amide bonds. The molecule has 1 aliphatic rings. The summed E-state index contributed by atoms with van der Waals surface area (Å²) in [6.45, 7) is 2.56. The zero-order chi connectivity index (χ0) is 14.4. The molecule has 0 aromatic heterocycles. The van der Waals surface area contributed by atoms with Crippen molar-refractivity contribution in [1.29, 1.82) is 0 Å². The Morgan fingerprint density at radius 3 is 2.85 bits per heavy atom. The smallest absolute Gasteiger partial charge is 0.317 e. The Hall–Kier alpha value is -1.59. The number of methoxy groups -OCH3 is 1. The van der Waals surface area contributed by atoms with Crippen LogP contribution in [0.25, 0.3) is 0 Å². The van der Waals surface area contributed by atoms with Crippen molar-refractivity contribution in [3.8, 4) is 0 Å². The van der Waals surface area contributed by atoms with Gasteiger partial charge < -0.3 is 20.1 Å². The predicted molar refractivity (Wildman–Crippen MR) is 76.2 cm³/mol. The quantitative estimate of drug-likeness (QED) is 0.855. The molecular weight excluding hydrogens is 256 g/mol. The molecule has 0 bridgehead atoms. The monoisotopic (exact) mass is 278 g/mol. The molecule has 5 nitrogen and oxygen atoms in total. The molecule has 1 aromatic carbocycles. The number of nitrogens with one attached hydrogen (secondary N) is 1. The van der Waals surface area contributed by atoms with Crippen molar-refractivity contribution in [2.24, 2.45) is 5.92 Å². The Labute approximate surface area is 119 Å². The second-order valence-corrected chi connectivity index (χ2v) is 5.14. The van der Waals surface area contributed by atoms with E-state index in [2.05, 4.69) is 5.32 Å². The summed E-state index contributed by atoms with van der Waals surface area (Å²) in [7, 11) is 1.66. The molecule has 0 aliphatic carbocycles. The van der Waals surface area contributed by atoms with E-state index >= 15 is 0 Å². The van der Waals surface area contributed by atoms with Crippen LogP contribution >= 0.6 is 0 Å². The molecule has 1 aromatic rings. The largest absolute Gasteiger partial charge is 0.396 e. The number of hydrogen-bond donors (Lipinski definition) is 2. The first-order valence-corrected chi connectivity index (χ1v) is 6.94. The minimum atomic E-state index is -0.0619. The topological polar surface area (TPSA) is 61.8 Å². The van der Waals surface area contributed by atoms with Gasteiger partial charge in [-0.25, -0.2) is 4.79 Å². The van der Waals surface area contributed by atoms with Gasteiger partial charge in [0.2, 0.25) is 0 Å². The molecule has 1 aliphatic heterocycles. The van der Waals surface area contributed by atoms with Crippen LogP contribution in [0, 0.1) is 5.92 Å². The van der Waals surface area contributed by atoms with Crippen molar-refractivity contribution < 1.29 is 14.6 Å². The Morgan fingerprint density at radius 2 is 2.20 bits per heavy atom. The van der Waals surface area contributed by atoms with Gasteiger partial charge >= 0.3 is 6.03 Å². The number of nitrogens with zero attached hydrogens (tertiary/aromatic N) is 1. The van der Waals surface area contributed by atoms with E-state index in [1.54, 1.807) is 12.0 Å². The Kier molecular flexibility index (Phi) is 5.38. The first kappa shape index (κ1) is 14.8. The maximum Gasteiger partial charge on any atom is 0.317 e. The number of amides is 2. The molecular formula is C15H22N2O3. The van der Waals surface area contributed by atoms with Gasteiger partial charge in [-0.15, -0.1) is 0 Å². The van der Waals surface area contributed by atoms with Crippen LogP contribution in [0.5, 0.6) is 0 Å². The molecule has 1 saturated heterocycles. The molecule has 1 heterocycles. The van der Waals surface area contributed by atoms with Gasteiger partial charge in [0.25, 0.3) is 0 Å². The summed E-state index contributed by atoms with van der Waals surface area (Å²) in [5, 5.41) is 12.0. The maximum absolute atomic E-state index is 12.1. The van der Waals surface area contributed by atoms with Crippen LogP contribution in [0.15, 0.2) is 24.3 Å². The van der Waals surface area contributed by atoms with Crippen molar-refractivity contribution in [3.05, 3.63) is 35.4 Å². The second-order valence-electron chi connectivity index (χ2n) is 5.14. The second kappa shape index (κ2) is 7.26. The highest BCUT2D eigenvalue weighted by Crippen LogP contribution is 2.15. The summed E-state index contributed by atoms with van der Waals surface area (Å²) in [5.74, 6) is 0.224. The summed E-state index contributed by atoms with van der Waals surface area (Å²) in [4.78, 5) is 13.8. The molecule has 1 unspecified atom stereocenters. The lowest BCUT2D eigenvalue weighted by molar-refractivity contribution is 0.183. The summed E-state index contributed by atoms with van der Waals surface area (Å²) < 4.78 is 5.15. The molecule has 1 fully saturated rings. The summed E-state index contributed by atoms with van der Waals surface area (Å²) in [6.07, 6.45) is 0.879. The fourth-order valence-electron chi connectivity index (χ4n) is 2.48. The molecule has 2 rings (SSSR count). The first-order chi connectivity index (χ1) is 9.74. The maximum atomic E-state index is 12.1. The zero-order valence-electron chi connectivity index (χ0n) is 11.8. The molecule has 20 heavy (non-hydrogen) atoms. The zero-order valence-corrected chi connectivity index (χ0v) is 11.8. The third kappa shape index (κ3) is 3.71. The minimum Gasteiger partial charge on any atom is -0.396 e. The number of rotatable bonds is 5. The van der Waals surface area contributed by atoms with Crippen molar-refractivity contribution in [1.82, 2.24) is 10.2 Å². The SMILES string of the molecule is COCc1ccccc1CNC(=O)N1CCC(CO)C1. The molecule has 2 N–H and O–H groups in total. The van der Waals surface area contributed by atoms with Crippen molar-refractivity contribution in [3.63, 3.8) is 0 Å². The van der Waals surface area contributed by atoms with E-state index in [0.29, 0.717) is 19.7 Å². The number of aliphatic hydroxyl groups excluding tert-OH is 1. The number of carbonyl (C=O) groups excluding carboxylic acids is 1. The molecule has 0 radical (unpaired) electrons. The van der Waals surface area contributed by atoms with E-state index in [1.807, 2.05) is 24.3 Å². The number of ether oxygens (including phenoxy) is 1. The van der Waals surface area contributed by atoms with Crippen LogP contribution in [-0.4, -0.2) is 42.8 Å². The lowest BCUT2D eigenvalue weighted by atomic mass is 10.1. The molecule has 0 spiro atoms. The van der Waals surface area contributed by atoms with Gasteiger partial charge in [0.05, 0.1) is 6.61 Å². The van der Waals surface area contributed by atoms with E-state index < -0.39 is 0 Å². The van der Waals surface area contributed by atoms with E-state index in [1.165, 1.54) is 0 Å². The normalized spacial score (nSPS) is 18.3. The van der Waals surface area contributed by atoms with Gasteiger partial charge in [-0.05, 0) is 17.5 Å². The van der Waals surface area contributed by atoms with Crippen molar-refractivity contribution in [2.45, 2.75) is 19.6 Å². The number of carbonyl (C=O) groups is 1. The van der Waals surface area contributed by atoms with E-state index in [-0.39, 0.29) is 18.6 Å². The van der Waals surface area contributed by atoms with E-state index in [9.17, 15) is 4.79 Å². The van der Waals surface area contributed by atoms with Crippen LogP contribution < -0.4 is 5.32 Å². The summed E-state index contributed by atoms with van der Waals surface area (Å²) >= 11 is 0. The molecule has 1 atom stereocenters.